The molecule has 0 bridgehead atoms. The molecule has 0 fully saturated rings. The van der Waals surface area contributed by atoms with Crippen LogP contribution >= 0.6 is 11.3 Å². The third-order valence-corrected chi connectivity index (χ3v) is 4.95. The summed E-state index contributed by atoms with van der Waals surface area (Å²) in [6.07, 6.45) is 0. The minimum Gasteiger partial charge on any atom is -0.493 e. The maximum absolute atomic E-state index is 12.7. The summed E-state index contributed by atoms with van der Waals surface area (Å²) in [5.74, 6) is 0.802. The lowest BCUT2D eigenvalue weighted by Gasteiger charge is -2.12. The number of anilines is 1. The first-order valence-corrected chi connectivity index (χ1v) is 10.9. The summed E-state index contributed by atoms with van der Waals surface area (Å²) in [6.45, 7) is 4.51. The molecule has 1 N–H and O–H groups in total. The van der Waals surface area contributed by atoms with Crippen molar-refractivity contribution in [3.63, 3.8) is 0 Å². The predicted molar refractivity (Wildman–Crippen MR) is 120 cm³/mol. The van der Waals surface area contributed by atoms with Crippen LogP contribution in [0.4, 0.5) is 5.69 Å². The van der Waals surface area contributed by atoms with E-state index in [1.807, 2.05) is 36.6 Å². The number of rotatable bonds is 12. The Morgan fingerprint density at radius 2 is 1.94 bits per heavy atom. The number of hydrogen-bond acceptors (Lipinski definition) is 7. The molecule has 0 aliphatic heterocycles. The van der Waals surface area contributed by atoms with E-state index in [-0.39, 0.29) is 5.91 Å². The quantitative estimate of drug-likeness (QED) is 0.415. The number of benzene rings is 2. The van der Waals surface area contributed by atoms with Crippen LogP contribution in [0, 0.1) is 0 Å². The fourth-order valence-corrected chi connectivity index (χ4v) is 3.33. The molecule has 7 nitrogen and oxygen atoms in total. The maximum Gasteiger partial charge on any atom is 0.255 e. The highest BCUT2D eigenvalue weighted by molar-refractivity contribution is 7.07. The van der Waals surface area contributed by atoms with Gasteiger partial charge in [0, 0.05) is 23.2 Å². The summed E-state index contributed by atoms with van der Waals surface area (Å²) in [5, 5.41) is 4.83. The van der Waals surface area contributed by atoms with Crippen LogP contribution in [-0.2, 0) is 22.7 Å². The summed E-state index contributed by atoms with van der Waals surface area (Å²) in [7, 11) is 1.54. The van der Waals surface area contributed by atoms with Crippen LogP contribution in [0.25, 0.3) is 0 Å². The molecule has 8 heteroatoms. The fraction of sp³-hybridized carbons (Fsp3) is 0.304. The summed E-state index contributed by atoms with van der Waals surface area (Å²) >= 11 is 1.51. The van der Waals surface area contributed by atoms with Gasteiger partial charge in [0.1, 0.15) is 6.61 Å². The lowest BCUT2D eigenvalue weighted by Crippen LogP contribution is -2.12. The lowest BCUT2D eigenvalue weighted by molar-refractivity contribution is 0.0453. The molecule has 164 valence electrons. The van der Waals surface area contributed by atoms with Crippen molar-refractivity contribution in [1.29, 1.82) is 0 Å². The molecule has 31 heavy (non-hydrogen) atoms. The van der Waals surface area contributed by atoms with Crippen LogP contribution in [0.15, 0.2) is 53.4 Å². The molecule has 0 radical (unpaired) electrons. The van der Waals surface area contributed by atoms with Gasteiger partial charge in [-0.05, 0) is 42.8 Å². The topological polar surface area (TPSA) is 78.9 Å². The van der Waals surface area contributed by atoms with E-state index in [1.165, 1.54) is 11.3 Å². The number of nitrogens with one attached hydrogen (secondary N) is 1. The summed E-state index contributed by atoms with van der Waals surface area (Å²) in [6, 6.07) is 12.6. The molecule has 3 rings (SSSR count). The van der Waals surface area contributed by atoms with Crippen molar-refractivity contribution < 1.29 is 23.7 Å². The Bertz CT molecular complexity index is 962. The monoisotopic (exact) mass is 442 g/mol. The lowest BCUT2D eigenvalue weighted by atomic mass is 10.1. The number of methoxy groups -OCH3 is 1. The van der Waals surface area contributed by atoms with E-state index in [0.717, 1.165) is 11.3 Å². The van der Waals surface area contributed by atoms with E-state index in [9.17, 15) is 4.79 Å². The third kappa shape index (κ3) is 7.06. The standard InChI is InChI=1S/C23H26N2O5S/c1-3-28-9-10-29-13-17-5-4-6-19(11-17)25-23(26)18-7-8-21(22(12-18)27-2)30-14-20-15-31-16-24-20/h4-8,11-12,15-16H,3,9-10,13-14H2,1-2H3,(H,25,26). The average Bonchev–Trinajstić information content (AvgIpc) is 3.31. The Balaban J connectivity index is 1.59. The van der Waals surface area contributed by atoms with Gasteiger partial charge in [0.15, 0.2) is 11.5 Å². The van der Waals surface area contributed by atoms with E-state index < -0.39 is 0 Å². The van der Waals surface area contributed by atoms with Crippen molar-refractivity contribution in [1.82, 2.24) is 4.98 Å². The molecule has 0 unspecified atom stereocenters. The second kappa shape index (κ2) is 12.0. The normalized spacial score (nSPS) is 10.6. The zero-order valence-electron chi connectivity index (χ0n) is 17.6. The molecule has 0 spiro atoms. The SMILES string of the molecule is CCOCCOCc1cccc(NC(=O)c2ccc(OCc3cscn3)c(OC)c2)c1. The van der Waals surface area contributed by atoms with Crippen molar-refractivity contribution in [3.8, 4) is 11.5 Å². The van der Waals surface area contributed by atoms with Crippen LogP contribution in [0.3, 0.4) is 0 Å². The summed E-state index contributed by atoms with van der Waals surface area (Å²) < 4.78 is 22.0. The molecular formula is C23H26N2O5S. The summed E-state index contributed by atoms with van der Waals surface area (Å²) in [4.78, 5) is 16.9. The van der Waals surface area contributed by atoms with Gasteiger partial charge in [-0.25, -0.2) is 4.98 Å². The van der Waals surface area contributed by atoms with E-state index in [0.29, 0.717) is 55.8 Å². The Kier molecular flexibility index (Phi) is 8.84. The van der Waals surface area contributed by atoms with Crippen molar-refractivity contribution in [2.75, 3.05) is 32.2 Å². The zero-order valence-corrected chi connectivity index (χ0v) is 18.4. The van der Waals surface area contributed by atoms with Gasteiger partial charge in [-0.15, -0.1) is 11.3 Å². The van der Waals surface area contributed by atoms with E-state index in [2.05, 4.69) is 10.3 Å². The van der Waals surface area contributed by atoms with Gasteiger partial charge < -0.3 is 24.3 Å². The maximum atomic E-state index is 12.7. The number of thiazole rings is 1. The number of ether oxygens (including phenoxy) is 4. The van der Waals surface area contributed by atoms with Gasteiger partial charge >= 0.3 is 0 Å². The van der Waals surface area contributed by atoms with Gasteiger partial charge in [-0.2, -0.15) is 0 Å². The van der Waals surface area contributed by atoms with Gasteiger partial charge in [-0.3, -0.25) is 4.79 Å². The molecule has 1 aromatic heterocycles. The first-order valence-electron chi connectivity index (χ1n) is 9.93. The molecule has 0 atom stereocenters. The number of hydrogen-bond donors (Lipinski definition) is 1. The highest BCUT2D eigenvalue weighted by Crippen LogP contribution is 2.29. The molecule has 1 heterocycles. The van der Waals surface area contributed by atoms with Gasteiger partial charge in [0.2, 0.25) is 0 Å². The second-order valence-electron chi connectivity index (χ2n) is 6.54. The molecule has 0 aliphatic carbocycles. The summed E-state index contributed by atoms with van der Waals surface area (Å²) in [5.41, 5.74) is 4.73. The Morgan fingerprint density at radius 1 is 1.06 bits per heavy atom. The number of carbonyl (C=O) groups is 1. The highest BCUT2D eigenvalue weighted by atomic mass is 32.1. The molecule has 0 saturated carbocycles. The van der Waals surface area contributed by atoms with Crippen LogP contribution in [0.2, 0.25) is 0 Å². The molecule has 0 saturated heterocycles. The Morgan fingerprint density at radius 3 is 2.71 bits per heavy atom. The number of carbonyl (C=O) groups excluding carboxylic acids is 1. The largest absolute Gasteiger partial charge is 0.493 e. The van der Waals surface area contributed by atoms with Crippen molar-refractivity contribution in [2.45, 2.75) is 20.1 Å². The van der Waals surface area contributed by atoms with Crippen molar-refractivity contribution in [2.24, 2.45) is 0 Å². The van der Waals surface area contributed by atoms with Crippen LogP contribution < -0.4 is 14.8 Å². The van der Waals surface area contributed by atoms with Gasteiger partial charge in [0.25, 0.3) is 5.91 Å². The minimum absolute atomic E-state index is 0.237. The van der Waals surface area contributed by atoms with Crippen LogP contribution in [0.1, 0.15) is 28.5 Å². The third-order valence-electron chi connectivity index (χ3n) is 4.31. The Labute approximate surface area is 185 Å². The fourth-order valence-electron chi connectivity index (χ4n) is 2.78. The van der Waals surface area contributed by atoms with Crippen molar-refractivity contribution in [3.05, 3.63) is 70.2 Å². The van der Waals surface area contributed by atoms with E-state index in [4.69, 9.17) is 18.9 Å². The molecule has 1 amide bonds. The predicted octanol–water partition coefficient (Wildman–Crippen LogP) is 4.54. The van der Waals surface area contributed by atoms with E-state index >= 15 is 0 Å². The number of aromatic nitrogens is 1. The number of amides is 1. The highest BCUT2D eigenvalue weighted by Gasteiger charge is 2.12. The molecular weight excluding hydrogens is 416 g/mol. The molecule has 2 aromatic carbocycles. The zero-order chi connectivity index (χ0) is 21.9. The van der Waals surface area contributed by atoms with Crippen LogP contribution in [-0.4, -0.2) is 37.8 Å². The van der Waals surface area contributed by atoms with Crippen LogP contribution in [0.5, 0.6) is 11.5 Å². The van der Waals surface area contributed by atoms with Crippen molar-refractivity contribution >= 4 is 22.9 Å². The molecule has 0 aliphatic rings. The average molecular weight is 443 g/mol. The first kappa shape index (κ1) is 22.7. The number of nitrogens with zero attached hydrogens (tertiary/aromatic N) is 1. The Hall–Kier alpha value is -2.94. The smallest absolute Gasteiger partial charge is 0.255 e. The second-order valence-corrected chi connectivity index (χ2v) is 7.26. The van der Waals surface area contributed by atoms with Gasteiger partial charge in [0.05, 0.1) is 38.1 Å². The van der Waals surface area contributed by atoms with E-state index in [1.54, 1.807) is 30.8 Å². The minimum atomic E-state index is -0.237. The van der Waals surface area contributed by atoms with Gasteiger partial charge in [-0.1, -0.05) is 12.1 Å². The first-order chi connectivity index (χ1) is 15.2. The molecule has 3 aromatic rings.